The molecule has 2 aromatic carbocycles. The van der Waals surface area contributed by atoms with Crippen molar-refractivity contribution in [2.75, 3.05) is 24.3 Å². The second-order valence-electron chi connectivity index (χ2n) is 4.98. The van der Waals surface area contributed by atoms with Gasteiger partial charge in [0.25, 0.3) is 0 Å². The zero-order valence-corrected chi connectivity index (χ0v) is 12.6. The van der Waals surface area contributed by atoms with Crippen molar-refractivity contribution in [3.8, 4) is 0 Å². The molecule has 106 valence electrons. The molecule has 0 aromatic heterocycles. The molecule has 1 N–H and O–H groups in total. The summed E-state index contributed by atoms with van der Waals surface area (Å²) in [5, 5.41) is 3.75. The van der Waals surface area contributed by atoms with Crippen LogP contribution in [-0.2, 0) is 6.54 Å². The molecule has 0 fully saturated rings. The first-order valence-corrected chi connectivity index (χ1v) is 6.81. The summed E-state index contributed by atoms with van der Waals surface area (Å²) < 4.78 is 13.0. The predicted molar refractivity (Wildman–Crippen MR) is 84.2 cm³/mol. The van der Waals surface area contributed by atoms with E-state index in [1.54, 1.807) is 6.07 Å². The fraction of sp³-hybridized carbons (Fsp3) is 0.250. The minimum absolute atomic E-state index is 0.316. The zero-order valence-electron chi connectivity index (χ0n) is 11.9. The van der Waals surface area contributed by atoms with E-state index in [1.165, 1.54) is 23.4 Å². The summed E-state index contributed by atoms with van der Waals surface area (Å²) in [4.78, 5) is 2.07. The van der Waals surface area contributed by atoms with Crippen LogP contribution < -0.4 is 10.2 Å². The van der Waals surface area contributed by atoms with E-state index in [9.17, 15) is 4.39 Å². The number of benzene rings is 2. The van der Waals surface area contributed by atoms with Gasteiger partial charge in [0.05, 0.1) is 0 Å². The maximum atomic E-state index is 13.0. The number of nitrogens with zero attached hydrogens (tertiary/aromatic N) is 1. The molecule has 0 radical (unpaired) electrons. The van der Waals surface area contributed by atoms with Gasteiger partial charge in [-0.3, -0.25) is 0 Å². The number of hydrogen-bond acceptors (Lipinski definition) is 2. The standard InChI is InChI=1S/C16H18ClFN2/c1-11-4-7-14(9-16(11)20(2)3)19-10-12-5-6-13(18)8-15(12)17/h4-9,19H,10H2,1-3H3. The zero-order chi connectivity index (χ0) is 14.7. The van der Waals surface area contributed by atoms with Gasteiger partial charge in [0.2, 0.25) is 0 Å². The van der Waals surface area contributed by atoms with Crippen LogP contribution >= 0.6 is 11.6 Å². The number of halogens is 2. The van der Waals surface area contributed by atoms with Gasteiger partial charge < -0.3 is 10.2 Å². The van der Waals surface area contributed by atoms with E-state index in [0.717, 1.165) is 11.3 Å². The molecule has 0 heterocycles. The van der Waals surface area contributed by atoms with Gasteiger partial charge in [-0.15, -0.1) is 0 Å². The lowest BCUT2D eigenvalue weighted by Gasteiger charge is -2.17. The molecule has 0 saturated carbocycles. The van der Waals surface area contributed by atoms with Crippen molar-refractivity contribution in [3.63, 3.8) is 0 Å². The maximum Gasteiger partial charge on any atom is 0.124 e. The lowest BCUT2D eigenvalue weighted by atomic mass is 10.1. The van der Waals surface area contributed by atoms with E-state index in [-0.39, 0.29) is 5.82 Å². The summed E-state index contributed by atoms with van der Waals surface area (Å²) in [6.07, 6.45) is 0. The smallest absolute Gasteiger partial charge is 0.124 e. The third-order valence-electron chi connectivity index (χ3n) is 3.19. The molecule has 0 atom stereocenters. The Morgan fingerprint density at radius 1 is 1.15 bits per heavy atom. The molecule has 2 aromatic rings. The van der Waals surface area contributed by atoms with Crippen molar-refractivity contribution in [2.45, 2.75) is 13.5 Å². The highest BCUT2D eigenvalue weighted by Gasteiger charge is 2.04. The highest BCUT2D eigenvalue weighted by Crippen LogP contribution is 2.24. The van der Waals surface area contributed by atoms with Crippen molar-refractivity contribution < 1.29 is 4.39 Å². The van der Waals surface area contributed by atoms with Crippen LogP contribution in [0.4, 0.5) is 15.8 Å². The number of hydrogen-bond donors (Lipinski definition) is 1. The largest absolute Gasteiger partial charge is 0.381 e. The van der Waals surface area contributed by atoms with Crippen LogP contribution in [-0.4, -0.2) is 14.1 Å². The minimum atomic E-state index is -0.316. The van der Waals surface area contributed by atoms with E-state index in [2.05, 4.69) is 29.3 Å². The summed E-state index contributed by atoms with van der Waals surface area (Å²) >= 11 is 6.01. The Labute approximate surface area is 124 Å². The van der Waals surface area contributed by atoms with Gasteiger partial charge in [0, 0.05) is 37.0 Å². The van der Waals surface area contributed by atoms with Crippen LogP contribution in [0.1, 0.15) is 11.1 Å². The van der Waals surface area contributed by atoms with Gasteiger partial charge in [-0.05, 0) is 42.3 Å². The van der Waals surface area contributed by atoms with Crippen molar-refractivity contribution >= 4 is 23.0 Å². The lowest BCUT2D eigenvalue weighted by molar-refractivity contribution is 0.627. The summed E-state index contributed by atoms with van der Waals surface area (Å²) in [5.74, 6) is -0.316. The first-order valence-electron chi connectivity index (χ1n) is 6.43. The SMILES string of the molecule is Cc1ccc(NCc2ccc(F)cc2Cl)cc1N(C)C. The number of aryl methyl sites for hydroxylation is 1. The normalized spacial score (nSPS) is 10.4. The average molecular weight is 293 g/mol. The molecule has 0 spiro atoms. The molecule has 0 aliphatic rings. The Morgan fingerprint density at radius 2 is 1.90 bits per heavy atom. The van der Waals surface area contributed by atoms with Gasteiger partial charge in [-0.25, -0.2) is 4.39 Å². The second-order valence-corrected chi connectivity index (χ2v) is 5.39. The summed E-state index contributed by atoms with van der Waals surface area (Å²) in [7, 11) is 4.03. The third-order valence-corrected chi connectivity index (χ3v) is 3.54. The van der Waals surface area contributed by atoms with Crippen molar-refractivity contribution in [1.82, 2.24) is 0 Å². The third kappa shape index (κ3) is 3.42. The molecule has 0 unspecified atom stereocenters. The van der Waals surface area contributed by atoms with Crippen LogP contribution in [0.25, 0.3) is 0 Å². The van der Waals surface area contributed by atoms with Gasteiger partial charge >= 0.3 is 0 Å². The monoisotopic (exact) mass is 292 g/mol. The van der Waals surface area contributed by atoms with Crippen LogP contribution in [0, 0.1) is 12.7 Å². The van der Waals surface area contributed by atoms with Crippen LogP contribution in [0.3, 0.4) is 0 Å². The molecule has 0 aliphatic heterocycles. The molecular weight excluding hydrogens is 275 g/mol. The Kier molecular flexibility index (Phi) is 4.50. The molecule has 2 rings (SSSR count). The first kappa shape index (κ1) is 14.7. The number of anilines is 2. The summed E-state index contributed by atoms with van der Waals surface area (Å²) in [5.41, 5.74) is 4.28. The van der Waals surface area contributed by atoms with Gasteiger partial charge in [-0.2, -0.15) is 0 Å². The average Bonchev–Trinajstić information content (AvgIpc) is 2.39. The molecule has 20 heavy (non-hydrogen) atoms. The second kappa shape index (κ2) is 6.14. The lowest BCUT2D eigenvalue weighted by Crippen LogP contribution is -2.11. The number of rotatable bonds is 4. The topological polar surface area (TPSA) is 15.3 Å². The van der Waals surface area contributed by atoms with Gasteiger partial charge in [-0.1, -0.05) is 23.7 Å². The Bertz CT molecular complexity index is 611. The molecule has 0 aliphatic carbocycles. The predicted octanol–water partition coefficient (Wildman–Crippen LogP) is 4.47. The van der Waals surface area contributed by atoms with Crippen LogP contribution in [0.15, 0.2) is 36.4 Å². The highest BCUT2D eigenvalue weighted by atomic mass is 35.5. The number of nitrogens with one attached hydrogen (secondary N) is 1. The van der Waals surface area contributed by atoms with E-state index >= 15 is 0 Å². The van der Waals surface area contributed by atoms with Crippen molar-refractivity contribution in [1.29, 1.82) is 0 Å². The van der Waals surface area contributed by atoms with Crippen molar-refractivity contribution in [3.05, 3.63) is 58.4 Å². The molecule has 2 nitrogen and oxygen atoms in total. The molecular formula is C16H18ClFN2. The van der Waals surface area contributed by atoms with E-state index in [0.29, 0.717) is 11.6 Å². The quantitative estimate of drug-likeness (QED) is 0.894. The Balaban J connectivity index is 2.13. The van der Waals surface area contributed by atoms with Gasteiger partial charge in [0.15, 0.2) is 0 Å². The van der Waals surface area contributed by atoms with E-state index in [4.69, 9.17) is 11.6 Å². The molecule has 0 saturated heterocycles. The van der Waals surface area contributed by atoms with Crippen LogP contribution in [0.5, 0.6) is 0 Å². The Morgan fingerprint density at radius 3 is 2.55 bits per heavy atom. The summed E-state index contributed by atoms with van der Waals surface area (Å²) in [6, 6.07) is 10.6. The minimum Gasteiger partial charge on any atom is -0.381 e. The fourth-order valence-corrected chi connectivity index (χ4v) is 2.30. The van der Waals surface area contributed by atoms with E-state index in [1.807, 2.05) is 20.2 Å². The van der Waals surface area contributed by atoms with E-state index < -0.39 is 0 Å². The van der Waals surface area contributed by atoms with Crippen LogP contribution in [0.2, 0.25) is 5.02 Å². The summed E-state index contributed by atoms with van der Waals surface area (Å²) in [6.45, 7) is 2.64. The first-order chi connectivity index (χ1) is 9.47. The highest BCUT2D eigenvalue weighted by molar-refractivity contribution is 6.31. The fourth-order valence-electron chi connectivity index (χ4n) is 2.06. The molecule has 4 heteroatoms. The van der Waals surface area contributed by atoms with Gasteiger partial charge in [0.1, 0.15) is 5.82 Å². The Hall–Kier alpha value is -1.74. The molecule has 0 bridgehead atoms. The molecule has 0 amide bonds. The van der Waals surface area contributed by atoms with Crippen molar-refractivity contribution in [2.24, 2.45) is 0 Å². The maximum absolute atomic E-state index is 13.0.